The lowest BCUT2D eigenvalue weighted by molar-refractivity contribution is -0.131. The Morgan fingerprint density at radius 1 is 1.26 bits per heavy atom. The number of ether oxygens (including phenoxy) is 1. The first-order valence-electron chi connectivity index (χ1n) is 7.45. The third kappa shape index (κ3) is 3.46. The molecule has 3 fully saturated rings. The van der Waals surface area contributed by atoms with Crippen molar-refractivity contribution >= 4 is 5.91 Å². The number of hydrogen-bond donors (Lipinski definition) is 1. The summed E-state index contributed by atoms with van der Waals surface area (Å²) in [7, 11) is 0. The molecule has 1 saturated carbocycles. The van der Waals surface area contributed by atoms with E-state index in [2.05, 4.69) is 4.90 Å². The Kier molecular flexibility index (Phi) is 3.78. The minimum absolute atomic E-state index is 0.236. The normalized spacial score (nSPS) is 32.8. The number of morpholine rings is 1. The molecular formula is C14H24N2O3. The maximum absolute atomic E-state index is 12.1. The Bertz CT molecular complexity index is 340. The summed E-state index contributed by atoms with van der Waals surface area (Å²) in [5, 5.41) is 10.6. The van der Waals surface area contributed by atoms with Gasteiger partial charge in [0.2, 0.25) is 5.91 Å². The van der Waals surface area contributed by atoms with Crippen molar-refractivity contribution in [2.24, 2.45) is 5.92 Å². The highest BCUT2D eigenvalue weighted by molar-refractivity contribution is 5.77. The van der Waals surface area contributed by atoms with Gasteiger partial charge in [-0.05, 0) is 25.2 Å². The maximum Gasteiger partial charge on any atom is 0.222 e. The van der Waals surface area contributed by atoms with Crippen LogP contribution in [-0.2, 0) is 9.53 Å². The Balaban J connectivity index is 1.49. The monoisotopic (exact) mass is 268 g/mol. The number of aliphatic hydroxyl groups is 1. The second-order valence-electron chi connectivity index (χ2n) is 6.33. The number of β-amino-alcohol motifs (C(OH)–C–C–N with tert-alkyl or cyclic N) is 1. The Hall–Kier alpha value is -0.650. The SMILES string of the molecule is O=C(CC1CC1)N1CC[C@](O)(CN2CCOCC2)C1. The maximum atomic E-state index is 12.1. The molecule has 1 atom stereocenters. The number of rotatable bonds is 4. The van der Waals surface area contributed by atoms with Gasteiger partial charge in [-0.1, -0.05) is 0 Å². The van der Waals surface area contributed by atoms with Gasteiger partial charge in [-0.2, -0.15) is 0 Å². The summed E-state index contributed by atoms with van der Waals surface area (Å²) in [6.45, 7) is 5.17. The van der Waals surface area contributed by atoms with Crippen molar-refractivity contribution in [1.82, 2.24) is 9.80 Å². The molecule has 1 N–H and O–H groups in total. The second-order valence-corrected chi connectivity index (χ2v) is 6.33. The van der Waals surface area contributed by atoms with E-state index in [0.29, 0.717) is 38.4 Å². The molecule has 0 aromatic heterocycles. The van der Waals surface area contributed by atoms with Gasteiger partial charge in [0, 0.05) is 32.6 Å². The first-order chi connectivity index (χ1) is 9.15. The van der Waals surface area contributed by atoms with Crippen molar-refractivity contribution in [1.29, 1.82) is 0 Å². The molecule has 19 heavy (non-hydrogen) atoms. The van der Waals surface area contributed by atoms with Crippen LogP contribution < -0.4 is 0 Å². The quantitative estimate of drug-likeness (QED) is 0.785. The third-order valence-corrected chi connectivity index (χ3v) is 4.47. The molecular weight excluding hydrogens is 244 g/mol. The molecule has 1 aliphatic carbocycles. The molecule has 2 saturated heterocycles. The van der Waals surface area contributed by atoms with Gasteiger partial charge >= 0.3 is 0 Å². The predicted molar refractivity (Wildman–Crippen MR) is 70.7 cm³/mol. The number of carbonyl (C=O) groups excluding carboxylic acids is 1. The molecule has 2 heterocycles. The van der Waals surface area contributed by atoms with Crippen molar-refractivity contribution < 1.29 is 14.6 Å². The number of nitrogens with zero attached hydrogens (tertiary/aromatic N) is 2. The van der Waals surface area contributed by atoms with Crippen molar-refractivity contribution in [3.8, 4) is 0 Å². The number of likely N-dealkylation sites (tertiary alicyclic amines) is 1. The van der Waals surface area contributed by atoms with Gasteiger partial charge in [0.1, 0.15) is 0 Å². The summed E-state index contributed by atoms with van der Waals surface area (Å²) in [4.78, 5) is 16.2. The van der Waals surface area contributed by atoms with Crippen LogP contribution in [0, 0.1) is 5.92 Å². The molecule has 1 amide bonds. The average Bonchev–Trinajstić information content (AvgIpc) is 3.12. The highest BCUT2D eigenvalue weighted by atomic mass is 16.5. The first kappa shape index (κ1) is 13.3. The van der Waals surface area contributed by atoms with Crippen LogP contribution in [0.25, 0.3) is 0 Å². The van der Waals surface area contributed by atoms with E-state index >= 15 is 0 Å². The van der Waals surface area contributed by atoms with Crippen LogP contribution in [-0.4, -0.2) is 72.4 Å². The highest BCUT2D eigenvalue weighted by Gasteiger charge is 2.40. The summed E-state index contributed by atoms with van der Waals surface area (Å²) < 4.78 is 5.32. The minimum Gasteiger partial charge on any atom is -0.387 e. The number of amides is 1. The Morgan fingerprint density at radius 3 is 2.68 bits per heavy atom. The van der Waals surface area contributed by atoms with E-state index in [0.717, 1.165) is 26.3 Å². The molecule has 0 aromatic rings. The minimum atomic E-state index is -0.712. The molecule has 3 rings (SSSR count). The van der Waals surface area contributed by atoms with Gasteiger partial charge in [-0.15, -0.1) is 0 Å². The lowest BCUT2D eigenvalue weighted by atomic mass is 10.0. The fourth-order valence-corrected chi connectivity index (χ4v) is 3.07. The van der Waals surface area contributed by atoms with Crippen LogP contribution in [0.5, 0.6) is 0 Å². The fourth-order valence-electron chi connectivity index (χ4n) is 3.07. The summed E-state index contributed by atoms with van der Waals surface area (Å²) >= 11 is 0. The summed E-state index contributed by atoms with van der Waals surface area (Å²) in [5.41, 5.74) is -0.712. The third-order valence-electron chi connectivity index (χ3n) is 4.47. The molecule has 108 valence electrons. The van der Waals surface area contributed by atoms with E-state index in [1.807, 2.05) is 4.90 Å². The molecule has 0 aromatic carbocycles. The standard InChI is InChI=1S/C14H24N2O3/c17-13(9-12-1-2-12)16-4-3-14(18,11-16)10-15-5-7-19-8-6-15/h12,18H,1-11H2/t14-/m0/s1. The van der Waals surface area contributed by atoms with E-state index in [1.165, 1.54) is 12.8 Å². The van der Waals surface area contributed by atoms with E-state index in [9.17, 15) is 9.90 Å². The largest absolute Gasteiger partial charge is 0.387 e. The van der Waals surface area contributed by atoms with Gasteiger partial charge in [0.25, 0.3) is 0 Å². The molecule has 3 aliphatic rings. The summed E-state index contributed by atoms with van der Waals surface area (Å²) in [6.07, 6.45) is 3.81. The van der Waals surface area contributed by atoms with Crippen LogP contribution in [0.15, 0.2) is 0 Å². The van der Waals surface area contributed by atoms with Crippen molar-refractivity contribution in [2.45, 2.75) is 31.3 Å². The summed E-state index contributed by atoms with van der Waals surface area (Å²) in [5.74, 6) is 0.862. The number of carbonyl (C=O) groups is 1. The van der Waals surface area contributed by atoms with Crippen LogP contribution in [0.3, 0.4) is 0 Å². The smallest absolute Gasteiger partial charge is 0.222 e. The molecule has 0 unspecified atom stereocenters. The fraction of sp³-hybridized carbons (Fsp3) is 0.929. The second kappa shape index (κ2) is 5.38. The van der Waals surface area contributed by atoms with Gasteiger partial charge < -0.3 is 14.7 Å². The number of hydrogen-bond acceptors (Lipinski definition) is 4. The van der Waals surface area contributed by atoms with Crippen LogP contribution >= 0.6 is 0 Å². The van der Waals surface area contributed by atoms with Crippen LogP contribution in [0.1, 0.15) is 25.7 Å². The zero-order valence-corrected chi connectivity index (χ0v) is 11.5. The molecule has 0 bridgehead atoms. The predicted octanol–water partition coefficient (Wildman–Crippen LogP) is 0.0821. The van der Waals surface area contributed by atoms with Gasteiger partial charge in [-0.25, -0.2) is 0 Å². The van der Waals surface area contributed by atoms with E-state index in [1.54, 1.807) is 0 Å². The molecule has 5 nitrogen and oxygen atoms in total. The van der Waals surface area contributed by atoms with Gasteiger partial charge in [0.15, 0.2) is 0 Å². The first-order valence-corrected chi connectivity index (χ1v) is 7.45. The van der Waals surface area contributed by atoms with Gasteiger partial charge in [-0.3, -0.25) is 9.69 Å². The molecule has 0 spiro atoms. The highest BCUT2D eigenvalue weighted by Crippen LogP contribution is 2.34. The Labute approximate surface area is 114 Å². The topological polar surface area (TPSA) is 53.0 Å². The zero-order valence-electron chi connectivity index (χ0n) is 11.5. The van der Waals surface area contributed by atoms with Crippen molar-refractivity contribution in [2.75, 3.05) is 45.9 Å². The Morgan fingerprint density at radius 2 is 2.00 bits per heavy atom. The molecule has 2 aliphatic heterocycles. The average molecular weight is 268 g/mol. The van der Waals surface area contributed by atoms with Crippen LogP contribution in [0.4, 0.5) is 0 Å². The van der Waals surface area contributed by atoms with Crippen molar-refractivity contribution in [3.63, 3.8) is 0 Å². The lowest BCUT2D eigenvalue weighted by Gasteiger charge is -2.33. The van der Waals surface area contributed by atoms with E-state index in [-0.39, 0.29) is 5.91 Å². The van der Waals surface area contributed by atoms with E-state index < -0.39 is 5.60 Å². The zero-order chi connectivity index (χ0) is 13.3. The van der Waals surface area contributed by atoms with E-state index in [4.69, 9.17) is 4.74 Å². The van der Waals surface area contributed by atoms with Gasteiger partial charge in [0.05, 0.1) is 25.4 Å². The van der Waals surface area contributed by atoms with Crippen molar-refractivity contribution in [3.05, 3.63) is 0 Å². The summed E-state index contributed by atoms with van der Waals surface area (Å²) in [6, 6.07) is 0. The van der Waals surface area contributed by atoms with Crippen LogP contribution in [0.2, 0.25) is 0 Å². The molecule has 0 radical (unpaired) electrons. The lowest BCUT2D eigenvalue weighted by Crippen LogP contribution is -2.49. The molecule has 5 heteroatoms.